The summed E-state index contributed by atoms with van der Waals surface area (Å²) in [6.45, 7) is 12.1. The van der Waals surface area contributed by atoms with Crippen molar-refractivity contribution in [3.05, 3.63) is 12.7 Å². The Kier molecular flexibility index (Phi) is 7.97. The van der Waals surface area contributed by atoms with Crippen LogP contribution in [0.25, 0.3) is 0 Å². The first-order valence-electron chi connectivity index (χ1n) is 12.0. The van der Waals surface area contributed by atoms with Gasteiger partial charge < -0.3 is 19.6 Å². The van der Waals surface area contributed by atoms with E-state index in [1.165, 1.54) is 0 Å². The maximum Gasteiger partial charge on any atom is 0.310 e. The number of carbonyl (C=O) groups is 3. The van der Waals surface area contributed by atoms with Gasteiger partial charge >= 0.3 is 5.97 Å². The van der Waals surface area contributed by atoms with Crippen molar-refractivity contribution in [1.29, 1.82) is 0 Å². The lowest BCUT2D eigenvalue weighted by Gasteiger charge is -2.41. The van der Waals surface area contributed by atoms with Crippen molar-refractivity contribution in [2.75, 3.05) is 19.8 Å². The van der Waals surface area contributed by atoms with Crippen LogP contribution in [0.5, 0.6) is 0 Å². The lowest BCUT2D eigenvalue weighted by Crippen LogP contribution is -2.58. The first-order chi connectivity index (χ1) is 15.3. The Morgan fingerprint density at radius 2 is 2.12 bits per heavy atom. The zero-order valence-electron chi connectivity index (χ0n) is 19.8. The predicted octanol–water partition coefficient (Wildman–Crippen LogP) is 2.61. The van der Waals surface area contributed by atoms with Gasteiger partial charge in [-0.1, -0.05) is 26.3 Å². The number of hydrogen-bond acceptors (Lipinski definition) is 6. The van der Waals surface area contributed by atoms with Crippen LogP contribution in [0.3, 0.4) is 0 Å². The Bertz CT molecular complexity index is 742. The van der Waals surface area contributed by atoms with Crippen LogP contribution in [0.1, 0.15) is 59.8 Å². The molecule has 3 fully saturated rings. The third-order valence-electron chi connectivity index (χ3n) is 7.45. The molecule has 8 heteroatoms. The molecule has 3 unspecified atom stereocenters. The summed E-state index contributed by atoms with van der Waals surface area (Å²) >= 11 is 1.64. The number of thioether (sulfide) groups is 1. The van der Waals surface area contributed by atoms with E-state index in [1.54, 1.807) is 29.7 Å². The molecule has 3 aliphatic rings. The van der Waals surface area contributed by atoms with Gasteiger partial charge in [-0.05, 0) is 39.5 Å². The molecule has 3 aliphatic heterocycles. The van der Waals surface area contributed by atoms with Gasteiger partial charge in [-0.3, -0.25) is 14.4 Å². The Morgan fingerprint density at radius 1 is 1.41 bits per heavy atom. The lowest BCUT2D eigenvalue weighted by atomic mass is 9.71. The predicted molar refractivity (Wildman–Crippen MR) is 125 cm³/mol. The Morgan fingerprint density at radius 3 is 2.69 bits per heavy atom. The highest BCUT2D eigenvalue weighted by atomic mass is 32.2. The SMILES string of the molecule is C=CCN(C(=O)C1N([C@@H](CC)CO)C(=O)[C@@H]2[C@@H](C(=O)OCC)[C@H]3CCC12S3)C(C)CCC. The minimum absolute atomic E-state index is 0.00410. The van der Waals surface area contributed by atoms with Gasteiger partial charge in [0.05, 0.1) is 35.8 Å². The summed E-state index contributed by atoms with van der Waals surface area (Å²) < 4.78 is 4.70. The number of carbonyl (C=O) groups excluding carboxylic acids is 3. The number of ether oxygens (including phenoxy) is 1. The smallest absolute Gasteiger partial charge is 0.310 e. The first kappa shape index (κ1) is 25.1. The second-order valence-corrected chi connectivity index (χ2v) is 10.8. The number of nitrogens with zero attached hydrogens (tertiary/aromatic N) is 2. The molecule has 32 heavy (non-hydrogen) atoms. The van der Waals surface area contributed by atoms with Crippen molar-refractivity contribution in [3.63, 3.8) is 0 Å². The van der Waals surface area contributed by atoms with Crippen LogP contribution in [0.2, 0.25) is 0 Å². The van der Waals surface area contributed by atoms with Crippen molar-refractivity contribution in [2.24, 2.45) is 11.8 Å². The molecule has 2 amide bonds. The van der Waals surface area contributed by atoms with Gasteiger partial charge in [-0.2, -0.15) is 0 Å². The zero-order valence-corrected chi connectivity index (χ0v) is 20.6. The highest BCUT2D eigenvalue weighted by Crippen LogP contribution is 2.67. The summed E-state index contributed by atoms with van der Waals surface area (Å²) in [5.41, 5.74) is 0. The van der Waals surface area contributed by atoms with E-state index in [0.29, 0.717) is 19.4 Å². The Balaban J connectivity index is 2.07. The first-order valence-corrected chi connectivity index (χ1v) is 12.9. The maximum atomic E-state index is 14.1. The minimum atomic E-state index is -0.689. The van der Waals surface area contributed by atoms with Crippen LogP contribution < -0.4 is 0 Å². The number of hydrogen-bond donors (Lipinski definition) is 1. The van der Waals surface area contributed by atoms with E-state index in [-0.39, 0.29) is 42.3 Å². The van der Waals surface area contributed by atoms with Crippen LogP contribution in [0.15, 0.2) is 12.7 Å². The van der Waals surface area contributed by atoms with Crippen molar-refractivity contribution in [1.82, 2.24) is 9.80 Å². The third kappa shape index (κ3) is 3.87. The highest BCUT2D eigenvalue weighted by molar-refractivity contribution is 8.02. The molecule has 7 nitrogen and oxygen atoms in total. The zero-order chi connectivity index (χ0) is 23.6. The van der Waals surface area contributed by atoms with Gasteiger partial charge in [0.1, 0.15) is 6.04 Å². The number of aliphatic hydroxyl groups excluding tert-OH is 1. The molecule has 1 spiro atoms. The van der Waals surface area contributed by atoms with E-state index in [2.05, 4.69) is 13.5 Å². The van der Waals surface area contributed by atoms with Gasteiger partial charge in [-0.15, -0.1) is 18.3 Å². The quantitative estimate of drug-likeness (QED) is 0.372. The van der Waals surface area contributed by atoms with Gasteiger partial charge in [0.2, 0.25) is 11.8 Å². The number of rotatable bonds is 11. The monoisotopic (exact) mass is 466 g/mol. The molecule has 0 aliphatic carbocycles. The van der Waals surface area contributed by atoms with Crippen LogP contribution >= 0.6 is 11.8 Å². The second kappa shape index (κ2) is 10.2. The standard InChI is InChI=1S/C24H38N2O5S/c1-6-10-15(5)25(13-7-2)22(29)20-24-12-11-17(32-24)18(23(30)31-9-4)19(24)21(28)26(20)16(8-3)14-27/h7,15-20,27H,2,6,8-14H2,1,3-5H3/t15?,16-,17+,18-,19-,20?,24?/m0/s1. The van der Waals surface area contributed by atoms with Crippen LogP contribution in [-0.2, 0) is 19.1 Å². The molecule has 0 radical (unpaired) electrons. The van der Waals surface area contributed by atoms with Crippen LogP contribution in [0, 0.1) is 11.8 Å². The largest absolute Gasteiger partial charge is 0.466 e. The van der Waals surface area contributed by atoms with E-state index < -0.39 is 28.7 Å². The average Bonchev–Trinajstić information content (AvgIpc) is 3.41. The fourth-order valence-corrected chi connectivity index (χ4v) is 8.23. The molecule has 3 saturated heterocycles. The Labute approximate surface area is 195 Å². The molecule has 1 N–H and O–H groups in total. The third-order valence-corrected chi connectivity index (χ3v) is 9.41. The number of likely N-dealkylation sites (tertiary alicyclic amines) is 1. The minimum Gasteiger partial charge on any atom is -0.466 e. The highest BCUT2D eigenvalue weighted by Gasteiger charge is 2.74. The van der Waals surface area contributed by atoms with E-state index in [4.69, 9.17) is 4.74 Å². The molecule has 0 aromatic rings. The summed E-state index contributed by atoms with van der Waals surface area (Å²) in [5, 5.41) is 10.1. The fourth-order valence-electron chi connectivity index (χ4n) is 6.04. The second-order valence-electron chi connectivity index (χ2n) is 9.22. The Hall–Kier alpha value is -1.54. The number of fused-ring (bicyclic) bond motifs is 1. The van der Waals surface area contributed by atoms with E-state index >= 15 is 0 Å². The van der Waals surface area contributed by atoms with Crippen LogP contribution in [-0.4, -0.2) is 80.6 Å². The number of aliphatic hydroxyl groups is 1. The summed E-state index contributed by atoms with van der Waals surface area (Å²) in [7, 11) is 0. The fraction of sp³-hybridized carbons (Fsp3) is 0.792. The molecule has 7 atom stereocenters. The van der Waals surface area contributed by atoms with E-state index in [0.717, 1.165) is 19.3 Å². The average molecular weight is 467 g/mol. The summed E-state index contributed by atoms with van der Waals surface area (Å²) in [5.74, 6) is -1.71. The van der Waals surface area contributed by atoms with Gasteiger partial charge in [0, 0.05) is 17.8 Å². The summed E-state index contributed by atoms with van der Waals surface area (Å²) in [4.78, 5) is 44.3. The van der Waals surface area contributed by atoms with E-state index in [1.807, 2.05) is 18.7 Å². The molecule has 0 saturated carbocycles. The lowest BCUT2D eigenvalue weighted by molar-refractivity contribution is -0.154. The molecular weight excluding hydrogens is 428 g/mol. The van der Waals surface area contributed by atoms with Crippen molar-refractivity contribution in [2.45, 2.75) is 87.9 Å². The van der Waals surface area contributed by atoms with Gasteiger partial charge in [0.15, 0.2) is 0 Å². The molecule has 2 bridgehead atoms. The maximum absolute atomic E-state index is 14.1. The van der Waals surface area contributed by atoms with Gasteiger partial charge in [0.25, 0.3) is 0 Å². The molecule has 3 heterocycles. The number of esters is 1. The van der Waals surface area contributed by atoms with Crippen LogP contribution in [0.4, 0.5) is 0 Å². The molecule has 180 valence electrons. The summed E-state index contributed by atoms with van der Waals surface area (Å²) in [6, 6.07) is -1.13. The van der Waals surface area contributed by atoms with Gasteiger partial charge in [-0.25, -0.2) is 0 Å². The van der Waals surface area contributed by atoms with Crippen molar-refractivity contribution >= 4 is 29.5 Å². The summed E-state index contributed by atoms with van der Waals surface area (Å²) in [6.07, 6.45) is 5.57. The van der Waals surface area contributed by atoms with E-state index in [9.17, 15) is 19.5 Å². The normalized spacial score (nSPS) is 32.5. The molecule has 0 aromatic heterocycles. The topological polar surface area (TPSA) is 87.2 Å². The van der Waals surface area contributed by atoms with Crippen molar-refractivity contribution < 1.29 is 24.2 Å². The molecule has 0 aromatic carbocycles. The van der Waals surface area contributed by atoms with Crippen molar-refractivity contribution in [3.8, 4) is 0 Å². The number of amides is 2. The molecule has 3 rings (SSSR count). The molecular formula is C24H38N2O5S.